The fraction of sp³-hybridized carbons (Fsp3) is 0.167. The third kappa shape index (κ3) is 3.52. The van der Waals surface area contributed by atoms with Crippen LogP contribution in [0.3, 0.4) is 0 Å². The van der Waals surface area contributed by atoms with Gasteiger partial charge in [0.2, 0.25) is 0 Å². The van der Waals surface area contributed by atoms with Crippen molar-refractivity contribution in [2.45, 2.75) is 6.61 Å². The molecule has 0 unspecified atom stereocenters. The van der Waals surface area contributed by atoms with Crippen LogP contribution in [0.1, 0.15) is 5.69 Å². The van der Waals surface area contributed by atoms with Gasteiger partial charge in [0.25, 0.3) is 0 Å². The number of hydrogen-bond acceptors (Lipinski definition) is 6. The van der Waals surface area contributed by atoms with Crippen LogP contribution in [-0.2, 0) is 16.2 Å². The summed E-state index contributed by atoms with van der Waals surface area (Å²) in [6.07, 6.45) is 0.662. The minimum absolute atomic E-state index is 0.123. The van der Waals surface area contributed by atoms with Gasteiger partial charge in [-0.25, -0.2) is 9.78 Å². The average molecular weight is 201 g/mol. The van der Waals surface area contributed by atoms with E-state index in [4.69, 9.17) is 10.8 Å². The van der Waals surface area contributed by atoms with Crippen molar-refractivity contribution in [3.8, 4) is 0 Å². The maximum absolute atomic E-state index is 9.95. The predicted octanol–water partition coefficient (Wildman–Crippen LogP) is 0.312. The predicted molar refractivity (Wildman–Crippen MR) is 47.4 cm³/mol. The molecule has 0 spiro atoms. The van der Waals surface area contributed by atoms with Crippen LogP contribution in [0, 0.1) is 0 Å². The van der Waals surface area contributed by atoms with Crippen molar-refractivity contribution in [1.29, 1.82) is 0 Å². The third-order valence-corrected chi connectivity index (χ3v) is 1.74. The van der Waals surface area contributed by atoms with Gasteiger partial charge in [-0.15, -0.1) is 11.3 Å². The van der Waals surface area contributed by atoms with Crippen LogP contribution >= 0.6 is 11.3 Å². The van der Waals surface area contributed by atoms with Crippen LogP contribution in [-0.4, -0.2) is 22.3 Å². The molecule has 0 saturated heterocycles. The summed E-state index contributed by atoms with van der Waals surface area (Å²) in [4.78, 5) is 18.5. The highest BCUT2D eigenvalue weighted by atomic mass is 32.1. The number of hydrogen-bond donors (Lipinski definition) is 2. The normalized spacial score (nSPS) is 10.5. The number of anilines is 1. The Hall–Kier alpha value is -1.63. The molecule has 7 heteroatoms. The average Bonchev–Trinajstić information content (AvgIpc) is 2.45. The van der Waals surface area contributed by atoms with Crippen LogP contribution in [0.15, 0.2) is 10.5 Å². The zero-order valence-corrected chi connectivity index (χ0v) is 7.32. The second-order valence-corrected chi connectivity index (χ2v) is 2.91. The Balaban J connectivity index is 2.31. The number of nitrogens with zero attached hydrogens (tertiary/aromatic N) is 2. The third-order valence-electron chi connectivity index (χ3n) is 1.02. The Kier molecular flexibility index (Phi) is 3.21. The van der Waals surface area contributed by atoms with Crippen LogP contribution in [0.4, 0.5) is 5.13 Å². The topological polar surface area (TPSA) is 97.8 Å². The van der Waals surface area contributed by atoms with E-state index in [1.54, 1.807) is 5.38 Å². The summed E-state index contributed by atoms with van der Waals surface area (Å²) in [5, 5.41) is 13.5. The van der Waals surface area contributed by atoms with Gasteiger partial charge in [0.05, 0.1) is 5.69 Å². The van der Waals surface area contributed by atoms with Crippen LogP contribution in [0.5, 0.6) is 0 Å². The summed E-state index contributed by atoms with van der Waals surface area (Å²) in [6, 6.07) is 0. The van der Waals surface area contributed by atoms with E-state index in [0.717, 1.165) is 0 Å². The van der Waals surface area contributed by atoms with Crippen molar-refractivity contribution >= 4 is 28.7 Å². The summed E-state index contributed by atoms with van der Waals surface area (Å²) in [5.74, 6) is -1.15. The van der Waals surface area contributed by atoms with Gasteiger partial charge in [0.15, 0.2) is 18.0 Å². The lowest BCUT2D eigenvalue weighted by molar-refractivity contribution is -0.129. The molecule has 1 heterocycles. The number of carboxylic acids is 1. The van der Waals surface area contributed by atoms with E-state index >= 15 is 0 Å². The molecule has 0 aliphatic heterocycles. The number of thiazole rings is 1. The van der Waals surface area contributed by atoms with Gasteiger partial charge in [0, 0.05) is 5.38 Å². The molecule has 0 aromatic carbocycles. The number of rotatable bonds is 4. The van der Waals surface area contributed by atoms with Gasteiger partial charge in [-0.3, -0.25) is 0 Å². The van der Waals surface area contributed by atoms with E-state index in [-0.39, 0.29) is 6.61 Å². The number of nitrogens with two attached hydrogens (primary N) is 1. The molecular weight excluding hydrogens is 194 g/mol. The van der Waals surface area contributed by atoms with Crippen molar-refractivity contribution in [1.82, 2.24) is 4.98 Å². The summed E-state index contributed by atoms with van der Waals surface area (Å²) >= 11 is 1.29. The second kappa shape index (κ2) is 4.41. The number of aliphatic carboxylic acids is 1. The van der Waals surface area contributed by atoms with Crippen LogP contribution < -0.4 is 5.73 Å². The number of oxime groups is 1. The number of carbonyl (C=O) groups is 1. The highest BCUT2D eigenvalue weighted by molar-refractivity contribution is 7.13. The highest BCUT2D eigenvalue weighted by Gasteiger charge is 1.97. The zero-order valence-electron chi connectivity index (χ0n) is 6.51. The van der Waals surface area contributed by atoms with Crippen molar-refractivity contribution < 1.29 is 14.7 Å². The molecule has 0 fully saturated rings. The first-order valence-corrected chi connectivity index (χ1v) is 4.14. The molecule has 3 N–H and O–H groups in total. The van der Waals surface area contributed by atoms with Crippen LogP contribution in [0.25, 0.3) is 0 Å². The van der Waals surface area contributed by atoms with Gasteiger partial charge in [-0.1, -0.05) is 5.16 Å². The Morgan fingerprint density at radius 3 is 3.23 bits per heavy atom. The minimum atomic E-state index is -1.15. The first kappa shape index (κ1) is 9.46. The largest absolute Gasteiger partial charge is 0.477 e. The zero-order chi connectivity index (χ0) is 9.68. The van der Waals surface area contributed by atoms with Crippen molar-refractivity contribution in [3.63, 3.8) is 0 Å². The second-order valence-electron chi connectivity index (χ2n) is 2.02. The Morgan fingerprint density at radius 1 is 1.92 bits per heavy atom. The number of nitrogen functional groups attached to an aromatic ring is 1. The molecule has 70 valence electrons. The maximum atomic E-state index is 9.95. The summed E-state index contributed by atoms with van der Waals surface area (Å²) in [6.45, 7) is 0.123. The smallest absolute Gasteiger partial charge is 0.350 e. The molecule has 1 aromatic rings. The van der Waals surface area contributed by atoms with E-state index in [9.17, 15) is 4.79 Å². The van der Waals surface area contributed by atoms with Gasteiger partial charge in [-0.05, 0) is 0 Å². The van der Waals surface area contributed by atoms with Crippen molar-refractivity contribution in [3.05, 3.63) is 11.1 Å². The van der Waals surface area contributed by atoms with Crippen molar-refractivity contribution in [2.75, 3.05) is 5.73 Å². The molecule has 6 nitrogen and oxygen atoms in total. The van der Waals surface area contributed by atoms with Gasteiger partial charge >= 0.3 is 5.97 Å². The van der Waals surface area contributed by atoms with Crippen LogP contribution in [0.2, 0.25) is 0 Å². The molecule has 0 saturated carbocycles. The lowest BCUT2D eigenvalue weighted by atomic mass is 10.5. The van der Waals surface area contributed by atoms with E-state index < -0.39 is 5.97 Å². The molecule has 0 amide bonds. The molecular formula is C6H7N3O3S. The van der Waals surface area contributed by atoms with E-state index in [0.29, 0.717) is 17.0 Å². The molecule has 0 radical (unpaired) electrons. The van der Waals surface area contributed by atoms with Gasteiger partial charge < -0.3 is 15.7 Å². The molecule has 0 bridgehead atoms. The number of carboxylic acid groups (broad SMARTS) is 1. The van der Waals surface area contributed by atoms with Gasteiger partial charge in [-0.2, -0.15) is 0 Å². The lowest BCUT2D eigenvalue weighted by Gasteiger charge is -1.92. The van der Waals surface area contributed by atoms with E-state index in [2.05, 4.69) is 15.0 Å². The maximum Gasteiger partial charge on any atom is 0.350 e. The standard InChI is InChI=1S/C6H7N3O3S/c7-6-9-4(3-13-6)2-12-8-1-5(10)11/h1,3H,2H2,(H2,7,9)(H,10,11). The highest BCUT2D eigenvalue weighted by Crippen LogP contribution is 2.11. The quantitative estimate of drug-likeness (QED) is 0.539. The molecule has 0 atom stereocenters. The Labute approximate surface area is 77.6 Å². The Morgan fingerprint density at radius 2 is 2.69 bits per heavy atom. The molecule has 0 aliphatic rings. The van der Waals surface area contributed by atoms with E-state index in [1.165, 1.54) is 11.3 Å². The molecule has 13 heavy (non-hydrogen) atoms. The van der Waals surface area contributed by atoms with E-state index in [1.807, 2.05) is 0 Å². The fourth-order valence-electron chi connectivity index (χ4n) is 0.575. The monoisotopic (exact) mass is 201 g/mol. The Bertz CT molecular complexity index is 323. The minimum Gasteiger partial charge on any atom is -0.477 e. The van der Waals surface area contributed by atoms with Crippen molar-refractivity contribution in [2.24, 2.45) is 5.16 Å². The molecule has 0 aliphatic carbocycles. The summed E-state index contributed by atoms with van der Waals surface area (Å²) in [7, 11) is 0. The summed E-state index contributed by atoms with van der Waals surface area (Å²) in [5.41, 5.74) is 5.98. The SMILES string of the molecule is Nc1nc(CON=CC(=O)O)cs1. The first-order valence-electron chi connectivity index (χ1n) is 3.26. The lowest BCUT2D eigenvalue weighted by Crippen LogP contribution is -1.96. The number of aromatic nitrogens is 1. The summed E-state index contributed by atoms with van der Waals surface area (Å²) < 4.78 is 0. The molecule has 1 rings (SSSR count). The first-order chi connectivity index (χ1) is 6.18. The molecule has 1 aromatic heterocycles. The van der Waals surface area contributed by atoms with Gasteiger partial charge in [0.1, 0.15) is 0 Å². The fourth-order valence-corrected chi connectivity index (χ4v) is 1.12.